The number of halogens is 1. The summed E-state index contributed by atoms with van der Waals surface area (Å²) in [6, 6.07) is 3.22. The molecule has 0 atom stereocenters. The van der Waals surface area contributed by atoms with Crippen molar-refractivity contribution in [1.82, 2.24) is 9.88 Å². The van der Waals surface area contributed by atoms with Gasteiger partial charge in [0.1, 0.15) is 5.15 Å². The zero-order chi connectivity index (χ0) is 12.4. The maximum Gasteiger partial charge on any atom is 0.253 e. The smallest absolute Gasteiger partial charge is 0.253 e. The second-order valence-corrected chi connectivity index (χ2v) is 4.93. The lowest BCUT2D eigenvalue weighted by Gasteiger charge is -2.34. The van der Waals surface area contributed by atoms with E-state index in [2.05, 4.69) is 4.98 Å². The summed E-state index contributed by atoms with van der Waals surface area (Å²) in [5.74, 6) is 0.354. The summed E-state index contributed by atoms with van der Waals surface area (Å²) in [7, 11) is 1.77. The van der Waals surface area contributed by atoms with Crippen molar-refractivity contribution >= 4 is 17.5 Å². The van der Waals surface area contributed by atoms with E-state index in [1.54, 1.807) is 24.1 Å². The molecule has 0 saturated heterocycles. The summed E-state index contributed by atoms with van der Waals surface area (Å²) in [5, 5.41) is 9.52. The van der Waals surface area contributed by atoms with Crippen LogP contribution in [0.15, 0.2) is 18.3 Å². The first kappa shape index (κ1) is 12.3. The summed E-state index contributed by atoms with van der Waals surface area (Å²) in [6.07, 6.45) is 2.92. The second-order valence-electron chi connectivity index (χ2n) is 4.54. The van der Waals surface area contributed by atoms with Gasteiger partial charge in [0.25, 0.3) is 5.91 Å². The van der Waals surface area contributed by atoms with Crippen LogP contribution in [-0.2, 0) is 0 Å². The van der Waals surface area contributed by atoms with Gasteiger partial charge in [-0.05, 0) is 30.9 Å². The Morgan fingerprint density at radius 2 is 2.35 bits per heavy atom. The molecule has 0 spiro atoms. The molecular formula is C12H15ClN2O2. The summed E-state index contributed by atoms with van der Waals surface area (Å²) in [4.78, 5) is 17.5. The van der Waals surface area contributed by atoms with E-state index in [4.69, 9.17) is 11.6 Å². The fraction of sp³-hybridized carbons (Fsp3) is 0.500. The molecule has 1 heterocycles. The Bertz CT molecular complexity index is 419. The van der Waals surface area contributed by atoms with Crippen LogP contribution >= 0.6 is 11.6 Å². The molecular weight excluding hydrogens is 240 g/mol. The highest BCUT2D eigenvalue weighted by atomic mass is 35.5. The summed E-state index contributed by atoms with van der Waals surface area (Å²) in [5.41, 5.74) is 0.548. The molecule has 0 aliphatic heterocycles. The third-order valence-electron chi connectivity index (χ3n) is 3.06. The average Bonchev–Trinajstić information content (AvgIpc) is 2.26. The van der Waals surface area contributed by atoms with Gasteiger partial charge in [-0.25, -0.2) is 4.98 Å². The molecule has 1 aromatic rings. The van der Waals surface area contributed by atoms with Gasteiger partial charge in [0, 0.05) is 25.4 Å². The molecule has 17 heavy (non-hydrogen) atoms. The predicted molar refractivity (Wildman–Crippen MR) is 64.9 cm³/mol. The Hall–Kier alpha value is -1.13. The number of carbonyl (C=O) groups is 1. The predicted octanol–water partition coefficient (Wildman–Crippen LogP) is 1.58. The molecule has 0 bridgehead atoms. The first-order valence-corrected chi connectivity index (χ1v) is 5.99. The minimum absolute atomic E-state index is 0.0595. The van der Waals surface area contributed by atoms with Crippen molar-refractivity contribution in [2.75, 3.05) is 13.6 Å². The fourth-order valence-corrected chi connectivity index (χ4v) is 2.25. The van der Waals surface area contributed by atoms with Gasteiger partial charge < -0.3 is 10.0 Å². The zero-order valence-electron chi connectivity index (χ0n) is 9.64. The van der Waals surface area contributed by atoms with E-state index in [1.165, 1.54) is 6.20 Å². The summed E-state index contributed by atoms with van der Waals surface area (Å²) in [6.45, 7) is 0.676. The molecule has 1 aliphatic carbocycles. The van der Waals surface area contributed by atoms with Crippen LogP contribution in [0.5, 0.6) is 0 Å². The molecule has 92 valence electrons. The van der Waals surface area contributed by atoms with E-state index >= 15 is 0 Å². The van der Waals surface area contributed by atoms with E-state index in [0.29, 0.717) is 23.2 Å². The Balaban J connectivity index is 1.95. The second kappa shape index (κ2) is 5.02. The van der Waals surface area contributed by atoms with Crippen molar-refractivity contribution in [3.05, 3.63) is 29.0 Å². The number of nitrogens with zero attached hydrogens (tertiary/aromatic N) is 2. The van der Waals surface area contributed by atoms with Gasteiger partial charge >= 0.3 is 0 Å². The molecule has 1 aromatic heterocycles. The minimum atomic E-state index is -0.182. The number of aliphatic hydroxyl groups is 1. The Morgan fingerprint density at radius 3 is 2.94 bits per heavy atom. The van der Waals surface area contributed by atoms with Crippen LogP contribution in [0.3, 0.4) is 0 Å². The maximum atomic E-state index is 12.0. The molecule has 4 nitrogen and oxygen atoms in total. The number of hydrogen-bond acceptors (Lipinski definition) is 3. The van der Waals surface area contributed by atoms with E-state index in [-0.39, 0.29) is 12.0 Å². The quantitative estimate of drug-likeness (QED) is 0.834. The number of aromatic nitrogens is 1. The third kappa shape index (κ3) is 2.96. The monoisotopic (exact) mass is 254 g/mol. The van der Waals surface area contributed by atoms with Crippen molar-refractivity contribution in [2.45, 2.75) is 18.9 Å². The SMILES string of the molecule is CN(CC1CC(O)C1)C(=O)c1ccnc(Cl)c1. The first-order chi connectivity index (χ1) is 8.06. The molecule has 0 aromatic carbocycles. The van der Waals surface area contributed by atoms with Gasteiger partial charge in [0.2, 0.25) is 0 Å². The van der Waals surface area contributed by atoms with E-state index in [1.807, 2.05) is 0 Å². The Labute approximate surface area is 105 Å². The highest BCUT2D eigenvalue weighted by molar-refractivity contribution is 6.29. The highest BCUT2D eigenvalue weighted by Gasteiger charge is 2.29. The molecule has 1 fully saturated rings. The van der Waals surface area contributed by atoms with E-state index in [9.17, 15) is 9.90 Å². The standard InChI is InChI=1S/C12H15ClN2O2/c1-15(7-8-4-10(16)5-8)12(17)9-2-3-14-11(13)6-9/h2-3,6,8,10,16H,4-5,7H2,1H3. The molecule has 0 radical (unpaired) electrons. The number of amides is 1. The topological polar surface area (TPSA) is 53.4 Å². The van der Waals surface area contributed by atoms with Gasteiger partial charge in [-0.2, -0.15) is 0 Å². The molecule has 5 heteroatoms. The number of carbonyl (C=O) groups excluding carboxylic acids is 1. The summed E-state index contributed by atoms with van der Waals surface area (Å²) >= 11 is 5.74. The minimum Gasteiger partial charge on any atom is -0.393 e. The lowest BCUT2D eigenvalue weighted by atomic mass is 9.82. The first-order valence-electron chi connectivity index (χ1n) is 5.61. The highest BCUT2D eigenvalue weighted by Crippen LogP contribution is 2.27. The van der Waals surface area contributed by atoms with E-state index in [0.717, 1.165) is 12.8 Å². The molecule has 2 rings (SSSR count). The van der Waals surface area contributed by atoms with Crippen LogP contribution < -0.4 is 0 Å². The molecule has 1 aliphatic rings. The van der Waals surface area contributed by atoms with Gasteiger partial charge in [-0.15, -0.1) is 0 Å². The largest absolute Gasteiger partial charge is 0.393 e. The van der Waals surface area contributed by atoms with Crippen molar-refractivity contribution in [3.63, 3.8) is 0 Å². The van der Waals surface area contributed by atoms with Gasteiger partial charge in [-0.3, -0.25) is 4.79 Å². The van der Waals surface area contributed by atoms with Crippen LogP contribution in [0.1, 0.15) is 23.2 Å². The van der Waals surface area contributed by atoms with Crippen LogP contribution in [0.25, 0.3) is 0 Å². The number of hydrogen-bond donors (Lipinski definition) is 1. The van der Waals surface area contributed by atoms with Crippen molar-refractivity contribution in [2.24, 2.45) is 5.92 Å². The third-order valence-corrected chi connectivity index (χ3v) is 3.27. The average molecular weight is 255 g/mol. The van der Waals surface area contributed by atoms with E-state index < -0.39 is 0 Å². The van der Waals surface area contributed by atoms with Crippen molar-refractivity contribution < 1.29 is 9.90 Å². The lowest BCUT2D eigenvalue weighted by molar-refractivity contribution is 0.0265. The number of aliphatic hydroxyl groups excluding tert-OH is 1. The molecule has 1 saturated carbocycles. The molecule has 0 unspecified atom stereocenters. The fourth-order valence-electron chi connectivity index (χ4n) is 2.08. The van der Waals surface area contributed by atoms with Crippen LogP contribution in [-0.4, -0.2) is 40.6 Å². The zero-order valence-corrected chi connectivity index (χ0v) is 10.4. The summed E-state index contributed by atoms with van der Waals surface area (Å²) < 4.78 is 0. The normalized spacial score (nSPS) is 23.0. The maximum absolute atomic E-state index is 12.0. The number of pyridine rings is 1. The van der Waals surface area contributed by atoms with Crippen molar-refractivity contribution in [1.29, 1.82) is 0 Å². The van der Waals surface area contributed by atoms with Crippen LogP contribution in [0.4, 0.5) is 0 Å². The Morgan fingerprint density at radius 1 is 1.65 bits per heavy atom. The number of rotatable bonds is 3. The molecule has 1 amide bonds. The van der Waals surface area contributed by atoms with Gasteiger partial charge in [0.05, 0.1) is 6.10 Å². The van der Waals surface area contributed by atoms with Crippen LogP contribution in [0.2, 0.25) is 5.15 Å². The van der Waals surface area contributed by atoms with Gasteiger partial charge in [-0.1, -0.05) is 11.6 Å². The van der Waals surface area contributed by atoms with Crippen molar-refractivity contribution in [3.8, 4) is 0 Å². The lowest BCUT2D eigenvalue weighted by Crippen LogP contribution is -2.39. The molecule has 1 N–H and O–H groups in total. The Kier molecular flexibility index (Phi) is 3.64. The van der Waals surface area contributed by atoms with Gasteiger partial charge in [0.15, 0.2) is 0 Å². The van der Waals surface area contributed by atoms with Crippen LogP contribution in [0, 0.1) is 5.92 Å².